The van der Waals surface area contributed by atoms with Gasteiger partial charge >= 0.3 is 0 Å². The van der Waals surface area contributed by atoms with Crippen molar-refractivity contribution >= 4 is 34.8 Å². The van der Waals surface area contributed by atoms with Crippen molar-refractivity contribution < 1.29 is 4.79 Å². The Balaban J connectivity index is 1.64. The number of amides is 1. The Hall–Kier alpha value is -2.77. The fourth-order valence-corrected chi connectivity index (χ4v) is 5.05. The molecule has 1 aliphatic heterocycles. The van der Waals surface area contributed by atoms with Crippen LogP contribution in [0.3, 0.4) is 0 Å². The molecule has 1 aromatic carbocycles. The molecular formula is C21H20N4OS2. The molecule has 4 rings (SSSR count). The van der Waals surface area contributed by atoms with Crippen LogP contribution in [-0.4, -0.2) is 35.6 Å². The molecule has 0 spiro atoms. The first kappa shape index (κ1) is 18.6. The molecule has 0 radical (unpaired) electrons. The molecule has 2 aromatic heterocycles. The van der Waals surface area contributed by atoms with Crippen molar-refractivity contribution in [3.63, 3.8) is 0 Å². The first-order chi connectivity index (χ1) is 13.7. The largest absolute Gasteiger partial charge is 0.394 e. The molecule has 0 aliphatic carbocycles. The quantitative estimate of drug-likeness (QED) is 0.616. The lowest BCUT2D eigenvalue weighted by Crippen LogP contribution is -2.39. The first-order valence-electron chi connectivity index (χ1n) is 8.95. The smallest absolute Gasteiger partial charge is 0.283 e. The van der Waals surface area contributed by atoms with Crippen LogP contribution in [-0.2, 0) is 6.54 Å². The summed E-state index contributed by atoms with van der Waals surface area (Å²) in [5.74, 6) is -0.0864. The molecule has 7 heteroatoms. The molecule has 2 N–H and O–H groups in total. The number of hydrogen-bond acceptors (Lipinski definition) is 6. The van der Waals surface area contributed by atoms with E-state index < -0.39 is 0 Å². The molecule has 0 bridgehead atoms. The predicted molar refractivity (Wildman–Crippen MR) is 115 cm³/mol. The van der Waals surface area contributed by atoms with Gasteiger partial charge in [-0.15, -0.1) is 22.7 Å². The summed E-state index contributed by atoms with van der Waals surface area (Å²) >= 11 is 3.01. The molecule has 1 aliphatic rings. The number of nitrogens with one attached hydrogen (secondary N) is 2. The van der Waals surface area contributed by atoms with Crippen molar-refractivity contribution in [1.29, 1.82) is 5.41 Å². The Labute approximate surface area is 171 Å². The standard InChI is InChI=1S/C21H20N4OS2/c1-23-10-15(9-22)17-12-25(11-14-5-2-3-6-16(14)17)21(26)20-24-18(13-28-20)19-7-4-8-27-19/h2-10,13,17,22-23H,11-12H2,1H3/b15-10+,22-9?. The summed E-state index contributed by atoms with van der Waals surface area (Å²) in [4.78, 5) is 20.7. The van der Waals surface area contributed by atoms with E-state index in [0.717, 1.165) is 21.7 Å². The van der Waals surface area contributed by atoms with Crippen LogP contribution in [0.15, 0.2) is 58.9 Å². The Morgan fingerprint density at radius 2 is 2.14 bits per heavy atom. The van der Waals surface area contributed by atoms with Crippen LogP contribution in [0.2, 0.25) is 0 Å². The Bertz CT molecular complexity index is 1020. The van der Waals surface area contributed by atoms with Gasteiger partial charge in [0.15, 0.2) is 5.01 Å². The van der Waals surface area contributed by atoms with E-state index in [9.17, 15) is 4.79 Å². The van der Waals surface area contributed by atoms with Gasteiger partial charge in [0.2, 0.25) is 0 Å². The second kappa shape index (κ2) is 8.08. The third kappa shape index (κ3) is 3.50. The number of benzene rings is 1. The first-order valence-corrected chi connectivity index (χ1v) is 10.7. The number of carbonyl (C=O) groups excluding carboxylic acids is 1. The maximum Gasteiger partial charge on any atom is 0.283 e. The molecule has 28 heavy (non-hydrogen) atoms. The third-order valence-electron chi connectivity index (χ3n) is 4.82. The molecule has 1 amide bonds. The lowest BCUT2D eigenvalue weighted by atomic mass is 9.85. The van der Waals surface area contributed by atoms with Crippen LogP contribution in [0.5, 0.6) is 0 Å². The minimum Gasteiger partial charge on any atom is -0.394 e. The molecular weight excluding hydrogens is 388 g/mol. The van der Waals surface area contributed by atoms with Gasteiger partial charge < -0.3 is 15.6 Å². The number of rotatable bonds is 5. The number of carbonyl (C=O) groups is 1. The average Bonchev–Trinajstić information content (AvgIpc) is 3.42. The van der Waals surface area contributed by atoms with Gasteiger partial charge in [0.05, 0.1) is 10.6 Å². The van der Waals surface area contributed by atoms with E-state index in [0.29, 0.717) is 18.1 Å². The molecule has 1 atom stereocenters. The van der Waals surface area contributed by atoms with Gasteiger partial charge in [0.1, 0.15) is 0 Å². The van der Waals surface area contributed by atoms with Crippen molar-refractivity contribution in [3.8, 4) is 10.6 Å². The highest BCUT2D eigenvalue weighted by Gasteiger charge is 2.31. The minimum atomic E-state index is -0.0545. The van der Waals surface area contributed by atoms with Gasteiger partial charge in [-0.05, 0) is 28.1 Å². The van der Waals surface area contributed by atoms with Crippen molar-refractivity contribution in [2.75, 3.05) is 13.6 Å². The molecule has 3 aromatic rings. The molecule has 142 valence electrons. The van der Waals surface area contributed by atoms with Crippen molar-refractivity contribution in [2.24, 2.45) is 0 Å². The molecule has 5 nitrogen and oxygen atoms in total. The number of hydrogen-bond donors (Lipinski definition) is 2. The maximum absolute atomic E-state index is 13.2. The Kier molecular flexibility index (Phi) is 5.36. The van der Waals surface area contributed by atoms with Gasteiger partial charge in [-0.1, -0.05) is 30.3 Å². The molecule has 0 saturated heterocycles. The molecule has 3 heterocycles. The molecule has 0 fully saturated rings. The zero-order valence-corrected chi connectivity index (χ0v) is 17.0. The lowest BCUT2D eigenvalue weighted by molar-refractivity contribution is 0.0725. The summed E-state index contributed by atoms with van der Waals surface area (Å²) in [7, 11) is 1.82. The average molecular weight is 409 g/mol. The van der Waals surface area contributed by atoms with Gasteiger partial charge in [-0.25, -0.2) is 4.98 Å². The van der Waals surface area contributed by atoms with Crippen LogP contribution in [0, 0.1) is 5.41 Å². The zero-order valence-electron chi connectivity index (χ0n) is 15.4. The van der Waals surface area contributed by atoms with Crippen LogP contribution >= 0.6 is 22.7 Å². The highest BCUT2D eigenvalue weighted by Crippen LogP contribution is 2.34. The SMILES string of the molecule is CN/C=C(\C=N)C1CN(C(=O)c2nc(-c3cccs3)cs2)Cc2ccccc21. The third-order valence-corrected chi connectivity index (χ3v) is 6.55. The van der Waals surface area contributed by atoms with E-state index in [1.54, 1.807) is 11.3 Å². The van der Waals surface area contributed by atoms with Gasteiger partial charge in [0.25, 0.3) is 5.91 Å². The minimum absolute atomic E-state index is 0.0319. The van der Waals surface area contributed by atoms with Crippen LogP contribution in [0.4, 0.5) is 0 Å². The second-order valence-corrected chi connectivity index (χ2v) is 8.34. The van der Waals surface area contributed by atoms with Crippen LogP contribution < -0.4 is 5.32 Å². The second-order valence-electron chi connectivity index (χ2n) is 6.53. The summed E-state index contributed by atoms with van der Waals surface area (Å²) in [6, 6.07) is 12.2. The summed E-state index contributed by atoms with van der Waals surface area (Å²) in [5.41, 5.74) is 4.00. The number of nitrogens with zero attached hydrogens (tertiary/aromatic N) is 2. The van der Waals surface area contributed by atoms with Crippen molar-refractivity contribution in [2.45, 2.75) is 12.5 Å². The molecule has 0 saturated carbocycles. The van der Waals surface area contributed by atoms with Crippen molar-refractivity contribution in [1.82, 2.24) is 15.2 Å². The lowest BCUT2D eigenvalue weighted by Gasteiger charge is -2.34. The van der Waals surface area contributed by atoms with E-state index >= 15 is 0 Å². The van der Waals surface area contributed by atoms with E-state index in [-0.39, 0.29) is 11.8 Å². The Morgan fingerprint density at radius 3 is 2.89 bits per heavy atom. The predicted octanol–water partition coefficient (Wildman–Crippen LogP) is 4.36. The normalized spacial score (nSPS) is 16.5. The maximum atomic E-state index is 13.2. The number of aromatic nitrogens is 1. The van der Waals surface area contributed by atoms with Crippen LogP contribution in [0.25, 0.3) is 10.6 Å². The van der Waals surface area contributed by atoms with Crippen molar-refractivity contribution in [3.05, 3.63) is 75.1 Å². The fourth-order valence-electron chi connectivity index (χ4n) is 3.50. The highest BCUT2D eigenvalue weighted by atomic mass is 32.1. The van der Waals surface area contributed by atoms with E-state index in [1.165, 1.54) is 23.1 Å². The van der Waals surface area contributed by atoms with Crippen LogP contribution in [0.1, 0.15) is 26.8 Å². The van der Waals surface area contributed by atoms with E-state index in [2.05, 4.69) is 22.4 Å². The van der Waals surface area contributed by atoms with E-state index in [1.807, 2.05) is 53.2 Å². The number of thiazole rings is 1. The highest BCUT2D eigenvalue weighted by molar-refractivity contribution is 7.15. The molecule has 1 unspecified atom stereocenters. The number of thiophene rings is 1. The summed E-state index contributed by atoms with van der Waals surface area (Å²) in [6.45, 7) is 1.09. The number of fused-ring (bicyclic) bond motifs is 1. The zero-order chi connectivity index (χ0) is 19.5. The monoisotopic (exact) mass is 408 g/mol. The van der Waals surface area contributed by atoms with Gasteiger partial charge in [-0.3, -0.25) is 4.79 Å². The van der Waals surface area contributed by atoms with Gasteiger partial charge in [-0.2, -0.15) is 0 Å². The van der Waals surface area contributed by atoms with E-state index in [4.69, 9.17) is 5.41 Å². The summed E-state index contributed by atoms with van der Waals surface area (Å²) < 4.78 is 0. The summed E-state index contributed by atoms with van der Waals surface area (Å²) in [6.07, 6.45) is 3.20. The summed E-state index contributed by atoms with van der Waals surface area (Å²) in [5, 5.41) is 15.3. The Morgan fingerprint density at radius 1 is 1.29 bits per heavy atom. The fraction of sp³-hybridized carbons (Fsp3) is 0.190. The topological polar surface area (TPSA) is 69.1 Å². The van der Waals surface area contributed by atoms with Gasteiger partial charge in [0, 0.05) is 43.8 Å².